The Morgan fingerprint density at radius 2 is 1.88 bits per heavy atom. The van der Waals surface area contributed by atoms with Gasteiger partial charge < -0.3 is 4.74 Å². The average Bonchev–Trinajstić information content (AvgIpc) is 2.67. The summed E-state index contributed by atoms with van der Waals surface area (Å²) in [4.78, 5) is 17.5. The Bertz CT molecular complexity index is 917. The second kappa shape index (κ2) is 7.99. The van der Waals surface area contributed by atoms with E-state index in [9.17, 15) is 4.79 Å². The van der Waals surface area contributed by atoms with Crippen LogP contribution in [0.5, 0.6) is 5.75 Å². The summed E-state index contributed by atoms with van der Waals surface area (Å²) in [6.07, 6.45) is 6.39. The van der Waals surface area contributed by atoms with Crippen molar-refractivity contribution in [1.29, 1.82) is 0 Å². The van der Waals surface area contributed by atoms with Crippen LogP contribution in [0.3, 0.4) is 0 Å². The molecular weight excluding hydrogens is 330 g/mol. The smallest absolute Gasteiger partial charge is 0.310 e. The van der Waals surface area contributed by atoms with Crippen LogP contribution in [0.1, 0.15) is 24.6 Å². The van der Waals surface area contributed by atoms with E-state index in [1.54, 1.807) is 24.8 Å². The van der Waals surface area contributed by atoms with E-state index in [4.69, 9.17) is 4.74 Å². The first kappa shape index (κ1) is 17.2. The predicted molar refractivity (Wildman–Crippen MR) is 105 cm³/mol. The number of aromatic nitrogens is 1. The lowest BCUT2D eigenvalue weighted by atomic mass is 10.1. The van der Waals surface area contributed by atoms with Crippen molar-refractivity contribution in [3.8, 4) is 5.75 Å². The molecule has 0 radical (unpaired) electrons. The molecule has 0 N–H and O–H groups in total. The lowest BCUT2D eigenvalue weighted by Gasteiger charge is -2.07. The van der Waals surface area contributed by atoms with Crippen molar-refractivity contribution >= 4 is 40.8 Å². The fraction of sp³-hybridized carbons (Fsp3) is 0.143. The lowest BCUT2D eigenvalue weighted by Crippen LogP contribution is -2.06. The monoisotopic (exact) mass is 349 g/mol. The van der Waals surface area contributed by atoms with Gasteiger partial charge in [0.25, 0.3) is 0 Å². The van der Waals surface area contributed by atoms with Crippen molar-refractivity contribution in [2.24, 2.45) is 0 Å². The van der Waals surface area contributed by atoms with Crippen LogP contribution >= 0.6 is 11.8 Å². The molecular formula is C21H19NO2S. The van der Waals surface area contributed by atoms with Gasteiger partial charge in [0, 0.05) is 16.7 Å². The number of benzene rings is 2. The molecule has 0 unspecified atom stereocenters. The Kier molecular flexibility index (Phi) is 5.51. The summed E-state index contributed by atoms with van der Waals surface area (Å²) < 4.78 is 5.39. The van der Waals surface area contributed by atoms with E-state index in [1.807, 2.05) is 36.4 Å². The summed E-state index contributed by atoms with van der Waals surface area (Å²) >= 11 is 1.72. The molecule has 1 heterocycles. The van der Waals surface area contributed by atoms with Gasteiger partial charge in [-0.1, -0.05) is 43.3 Å². The predicted octanol–water partition coefficient (Wildman–Crippen LogP) is 5.44. The number of thioether (sulfide) groups is 1. The maximum Gasteiger partial charge on any atom is 0.310 e. The molecule has 3 aromatic rings. The van der Waals surface area contributed by atoms with Gasteiger partial charge >= 0.3 is 5.97 Å². The van der Waals surface area contributed by atoms with Crippen LogP contribution in [0.25, 0.3) is 23.1 Å². The normalized spacial score (nSPS) is 11.1. The van der Waals surface area contributed by atoms with Gasteiger partial charge in [0.2, 0.25) is 0 Å². The van der Waals surface area contributed by atoms with Gasteiger partial charge in [-0.2, -0.15) is 0 Å². The number of fused-ring (bicyclic) bond motifs is 1. The van der Waals surface area contributed by atoms with Crippen LogP contribution in [0, 0.1) is 0 Å². The highest BCUT2D eigenvalue weighted by molar-refractivity contribution is 7.98. The number of nitrogens with zero attached hydrogens (tertiary/aromatic N) is 1. The molecule has 0 saturated heterocycles. The molecule has 0 spiro atoms. The van der Waals surface area contributed by atoms with Gasteiger partial charge in [-0.25, -0.2) is 4.98 Å². The highest BCUT2D eigenvalue weighted by atomic mass is 32.2. The quantitative estimate of drug-likeness (QED) is 0.349. The molecule has 0 saturated carbocycles. The van der Waals surface area contributed by atoms with Gasteiger partial charge in [-0.15, -0.1) is 11.8 Å². The van der Waals surface area contributed by atoms with Crippen LogP contribution < -0.4 is 4.74 Å². The Balaban J connectivity index is 1.90. The number of ether oxygens (including phenoxy) is 1. The Hall–Kier alpha value is -2.59. The zero-order valence-electron chi connectivity index (χ0n) is 14.2. The molecule has 25 heavy (non-hydrogen) atoms. The number of pyridine rings is 1. The largest absolute Gasteiger partial charge is 0.424 e. The van der Waals surface area contributed by atoms with E-state index in [1.165, 1.54) is 4.90 Å². The summed E-state index contributed by atoms with van der Waals surface area (Å²) in [7, 11) is 0. The minimum Gasteiger partial charge on any atom is -0.424 e. The summed E-state index contributed by atoms with van der Waals surface area (Å²) in [5, 5.41) is 0.947. The van der Waals surface area contributed by atoms with E-state index < -0.39 is 0 Å². The number of hydrogen-bond donors (Lipinski definition) is 0. The SMILES string of the molecule is CCC(=O)Oc1cccc2ccc(/C=C\c3ccc(SC)cc3)nc12. The van der Waals surface area contributed by atoms with Crippen LogP contribution in [-0.2, 0) is 4.79 Å². The second-order valence-electron chi connectivity index (χ2n) is 5.50. The topological polar surface area (TPSA) is 39.2 Å². The summed E-state index contributed by atoms with van der Waals surface area (Å²) in [6, 6.07) is 17.9. The van der Waals surface area contributed by atoms with Gasteiger partial charge in [0.15, 0.2) is 5.75 Å². The number of esters is 1. The molecule has 0 aliphatic rings. The van der Waals surface area contributed by atoms with Crippen LogP contribution in [0.2, 0.25) is 0 Å². The molecule has 0 atom stereocenters. The molecule has 0 bridgehead atoms. The Morgan fingerprint density at radius 3 is 2.60 bits per heavy atom. The summed E-state index contributed by atoms with van der Waals surface area (Å²) in [5.74, 6) is 0.244. The number of carbonyl (C=O) groups excluding carboxylic acids is 1. The number of carbonyl (C=O) groups is 1. The van der Waals surface area contributed by atoms with Crippen molar-refractivity contribution < 1.29 is 9.53 Å². The third-order valence-electron chi connectivity index (χ3n) is 3.78. The van der Waals surface area contributed by atoms with Crippen molar-refractivity contribution in [2.45, 2.75) is 18.2 Å². The van der Waals surface area contributed by atoms with E-state index in [0.717, 1.165) is 16.6 Å². The van der Waals surface area contributed by atoms with Crippen LogP contribution in [0.4, 0.5) is 0 Å². The zero-order valence-corrected chi connectivity index (χ0v) is 15.0. The fourth-order valence-corrected chi connectivity index (χ4v) is 2.81. The van der Waals surface area contributed by atoms with Gasteiger partial charge in [0.1, 0.15) is 5.52 Å². The Labute approximate surface area is 151 Å². The van der Waals surface area contributed by atoms with Crippen LogP contribution in [0.15, 0.2) is 59.5 Å². The first-order valence-corrected chi connectivity index (χ1v) is 9.34. The maximum atomic E-state index is 11.6. The first-order chi connectivity index (χ1) is 12.2. The molecule has 0 aliphatic heterocycles. The second-order valence-corrected chi connectivity index (χ2v) is 6.38. The molecule has 0 fully saturated rings. The molecule has 0 aliphatic carbocycles. The Morgan fingerprint density at radius 1 is 1.08 bits per heavy atom. The third-order valence-corrected chi connectivity index (χ3v) is 4.52. The minimum atomic E-state index is -0.260. The zero-order chi connectivity index (χ0) is 17.6. The molecule has 0 amide bonds. The molecule has 4 heteroatoms. The summed E-state index contributed by atoms with van der Waals surface area (Å²) in [5.41, 5.74) is 2.64. The van der Waals surface area contributed by atoms with Crippen molar-refractivity contribution in [1.82, 2.24) is 4.98 Å². The van der Waals surface area contributed by atoms with E-state index in [-0.39, 0.29) is 5.97 Å². The van der Waals surface area contributed by atoms with E-state index >= 15 is 0 Å². The maximum absolute atomic E-state index is 11.6. The molecule has 1 aromatic heterocycles. The molecule has 3 rings (SSSR count). The van der Waals surface area contributed by atoms with Crippen molar-refractivity contribution in [2.75, 3.05) is 6.26 Å². The number of hydrogen-bond acceptors (Lipinski definition) is 4. The summed E-state index contributed by atoms with van der Waals surface area (Å²) in [6.45, 7) is 1.78. The van der Waals surface area contributed by atoms with Crippen LogP contribution in [-0.4, -0.2) is 17.2 Å². The molecule has 126 valence electrons. The lowest BCUT2D eigenvalue weighted by molar-refractivity contribution is -0.133. The highest BCUT2D eigenvalue weighted by Gasteiger charge is 2.08. The number of rotatable bonds is 5. The number of para-hydroxylation sites is 1. The molecule has 3 nitrogen and oxygen atoms in total. The van der Waals surface area contributed by atoms with Gasteiger partial charge in [-0.05, 0) is 42.2 Å². The van der Waals surface area contributed by atoms with Gasteiger partial charge in [-0.3, -0.25) is 4.79 Å². The van der Waals surface area contributed by atoms with E-state index in [2.05, 4.69) is 35.5 Å². The van der Waals surface area contributed by atoms with Crippen molar-refractivity contribution in [3.05, 3.63) is 65.9 Å². The van der Waals surface area contributed by atoms with E-state index in [0.29, 0.717) is 17.7 Å². The highest BCUT2D eigenvalue weighted by Crippen LogP contribution is 2.25. The molecule has 2 aromatic carbocycles. The standard InChI is InChI=1S/C21H19NO2S/c1-3-20(23)24-19-6-4-5-16-10-12-17(22-21(16)19)11-7-15-8-13-18(25-2)14-9-15/h4-14H,3H2,1-2H3/b11-7-. The van der Waals surface area contributed by atoms with Crippen molar-refractivity contribution in [3.63, 3.8) is 0 Å². The van der Waals surface area contributed by atoms with Gasteiger partial charge in [0.05, 0.1) is 5.69 Å². The fourth-order valence-electron chi connectivity index (χ4n) is 2.40. The third kappa shape index (κ3) is 4.28. The average molecular weight is 349 g/mol. The minimum absolute atomic E-state index is 0.260. The first-order valence-electron chi connectivity index (χ1n) is 8.12.